The van der Waals surface area contributed by atoms with E-state index in [1.165, 1.54) is 70.6 Å². The minimum Gasteiger partial charge on any atom is -0.396 e. The van der Waals surface area contributed by atoms with Crippen LogP contribution in [0.1, 0.15) is 110 Å². The molecule has 0 aliphatic heterocycles. The zero-order valence-electron chi connectivity index (χ0n) is 16.4. The molecule has 144 valence electrons. The van der Waals surface area contributed by atoms with Gasteiger partial charge in [0, 0.05) is 13.0 Å². The van der Waals surface area contributed by atoms with Crippen LogP contribution in [0.3, 0.4) is 0 Å². The maximum absolute atomic E-state index is 10.5. The number of hydrogen-bond donors (Lipinski definition) is 2. The second-order valence-corrected chi connectivity index (χ2v) is 6.52. The molecule has 0 saturated carbocycles. The quantitative estimate of drug-likeness (QED) is 0.271. The molecular formula is C21H43NO2. The van der Waals surface area contributed by atoms with Crippen LogP contribution in [0.5, 0.6) is 0 Å². The van der Waals surface area contributed by atoms with Crippen LogP contribution in [0.2, 0.25) is 0 Å². The third kappa shape index (κ3) is 29.2. The largest absolute Gasteiger partial charge is 0.396 e. The van der Waals surface area contributed by atoms with Crippen LogP contribution in [0.15, 0.2) is 12.2 Å². The molecule has 0 rings (SSSR count). The summed E-state index contributed by atoms with van der Waals surface area (Å²) in [4.78, 5) is 10.5. The lowest BCUT2D eigenvalue weighted by Crippen LogP contribution is -2.09. The summed E-state index contributed by atoms with van der Waals surface area (Å²) in [6.07, 6.45) is 22.8. The average molecular weight is 342 g/mol. The van der Waals surface area contributed by atoms with Gasteiger partial charge in [0.15, 0.2) is 0 Å². The van der Waals surface area contributed by atoms with E-state index in [2.05, 4.69) is 19.1 Å². The summed E-state index contributed by atoms with van der Waals surface area (Å²) in [6, 6.07) is 0. The number of unbranched alkanes of at least 4 members (excludes halogenated alkanes) is 11. The molecule has 0 aliphatic carbocycles. The Morgan fingerprint density at radius 1 is 0.750 bits per heavy atom. The highest BCUT2D eigenvalue weighted by atomic mass is 16.2. The van der Waals surface area contributed by atoms with Crippen molar-refractivity contribution in [1.29, 1.82) is 0 Å². The lowest BCUT2D eigenvalue weighted by Gasteiger charge is -1.99. The van der Waals surface area contributed by atoms with Gasteiger partial charge in [0.1, 0.15) is 0 Å². The van der Waals surface area contributed by atoms with Gasteiger partial charge < -0.3 is 10.8 Å². The fraction of sp³-hybridized carbons (Fsp3) is 0.857. The highest BCUT2D eigenvalue weighted by molar-refractivity contribution is 5.73. The summed E-state index contributed by atoms with van der Waals surface area (Å²) < 4.78 is 0. The molecule has 0 aromatic rings. The van der Waals surface area contributed by atoms with Gasteiger partial charge in [-0.2, -0.15) is 0 Å². The molecule has 0 aliphatic rings. The zero-order chi connectivity index (χ0) is 18.3. The van der Waals surface area contributed by atoms with Gasteiger partial charge in [-0.05, 0) is 38.5 Å². The maximum atomic E-state index is 10.5. The van der Waals surface area contributed by atoms with Crippen LogP contribution < -0.4 is 5.73 Å². The van der Waals surface area contributed by atoms with Crippen molar-refractivity contribution >= 4 is 5.91 Å². The van der Waals surface area contributed by atoms with Gasteiger partial charge in [0.25, 0.3) is 0 Å². The van der Waals surface area contributed by atoms with Crippen molar-refractivity contribution in [3.8, 4) is 0 Å². The molecule has 0 fully saturated rings. The molecule has 0 unspecified atom stereocenters. The first-order chi connectivity index (χ1) is 11.7. The number of hydrogen-bond acceptors (Lipinski definition) is 2. The van der Waals surface area contributed by atoms with E-state index in [1.54, 1.807) is 0 Å². The first-order valence-electron chi connectivity index (χ1n) is 10.2. The second-order valence-electron chi connectivity index (χ2n) is 6.52. The molecule has 0 saturated heterocycles. The Morgan fingerprint density at radius 3 is 1.58 bits per heavy atom. The zero-order valence-corrected chi connectivity index (χ0v) is 16.4. The van der Waals surface area contributed by atoms with E-state index in [4.69, 9.17) is 10.8 Å². The first kappa shape index (κ1) is 25.4. The number of rotatable bonds is 16. The molecule has 0 aromatic carbocycles. The summed E-state index contributed by atoms with van der Waals surface area (Å²) in [5.41, 5.74) is 5.10. The molecule has 0 aromatic heterocycles. The third-order valence-electron chi connectivity index (χ3n) is 3.91. The monoisotopic (exact) mass is 341 g/mol. The molecule has 0 bridgehead atoms. The smallest absolute Gasteiger partial charge is 0.217 e. The van der Waals surface area contributed by atoms with Gasteiger partial charge in [-0.1, -0.05) is 77.4 Å². The maximum Gasteiger partial charge on any atom is 0.217 e. The number of allylic oxidation sites excluding steroid dienone is 2. The molecule has 0 heterocycles. The molecular weight excluding hydrogens is 298 g/mol. The van der Waals surface area contributed by atoms with Crippen molar-refractivity contribution in [3.05, 3.63) is 12.2 Å². The molecule has 3 nitrogen and oxygen atoms in total. The molecule has 0 radical (unpaired) electrons. The minimum atomic E-state index is -0.164. The fourth-order valence-electron chi connectivity index (χ4n) is 2.37. The summed E-state index contributed by atoms with van der Waals surface area (Å²) in [5.74, 6) is -0.164. The summed E-state index contributed by atoms with van der Waals surface area (Å²) >= 11 is 0. The van der Waals surface area contributed by atoms with Crippen molar-refractivity contribution in [3.63, 3.8) is 0 Å². The minimum absolute atomic E-state index is 0.164. The van der Waals surface area contributed by atoms with Gasteiger partial charge in [0.05, 0.1) is 0 Å². The first-order valence-corrected chi connectivity index (χ1v) is 10.2. The Morgan fingerprint density at radius 2 is 1.17 bits per heavy atom. The second kappa shape index (κ2) is 24.4. The SMILES string of the molecule is CCCCCCCC/C=C\CCCCCCCC(N)=O.CCCO. The van der Waals surface area contributed by atoms with E-state index in [-0.39, 0.29) is 5.91 Å². The Kier molecular flexibility index (Phi) is 25.9. The average Bonchev–Trinajstić information content (AvgIpc) is 2.58. The number of amides is 1. The van der Waals surface area contributed by atoms with E-state index in [0.717, 1.165) is 19.3 Å². The number of carbonyl (C=O) groups excluding carboxylic acids is 1. The van der Waals surface area contributed by atoms with E-state index < -0.39 is 0 Å². The van der Waals surface area contributed by atoms with E-state index >= 15 is 0 Å². The van der Waals surface area contributed by atoms with E-state index in [9.17, 15) is 4.79 Å². The van der Waals surface area contributed by atoms with Crippen LogP contribution >= 0.6 is 0 Å². The predicted octanol–water partition coefficient (Wildman–Crippen LogP) is 5.90. The number of carbonyl (C=O) groups is 1. The van der Waals surface area contributed by atoms with Crippen molar-refractivity contribution < 1.29 is 9.90 Å². The summed E-state index contributed by atoms with van der Waals surface area (Å²) in [7, 11) is 0. The van der Waals surface area contributed by atoms with Crippen LogP contribution in [0.25, 0.3) is 0 Å². The number of nitrogens with two attached hydrogens (primary N) is 1. The van der Waals surface area contributed by atoms with Crippen LogP contribution in [-0.4, -0.2) is 17.6 Å². The van der Waals surface area contributed by atoms with Crippen molar-refractivity contribution in [1.82, 2.24) is 0 Å². The summed E-state index contributed by atoms with van der Waals surface area (Å²) in [5, 5.41) is 7.88. The Labute approximate surface area is 151 Å². The van der Waals surface area contributed by atoms with Crippen molar-refractivity contribution in [2.45, 2.75) is 110 Å². The summed E-state index contributed by atoms with van der Waals surface area (Å²) in [6.45, 7) is 4.51. The Bertz CT molecular complexity index is 263. The molecule has 0 atom stereocenters. The van der Waals surface area contributed by atoms with Gasteiger partial charge in [-0.25, -0.2) is 0 Å². The van der Waals surface area contributed by atoms with E-state index in [1.807, 2.05) is 6.92 Å². The van der Waals surface area contributed by atoms with E-state index in [0.29, 0.717) is 13.0 Å². The number of aliphatic hydroxyl groups excluding tert-OH is 1. The molecule has 1 amide bonds. The van der Waals surface area contributed by atoms with Crippen molar-refractivity contribution in [2.75, 3.05) is 6.61 Å². The molecule has 24 heavy (non-hydrogen) atoms. The van der Waals surface area contributed by atoms with Crippen LogP contribution in [0, 0.1) is 0 Å². The lowest BCUT2D eigenvalue weighted by atomic mass is 10.1. The van der Waals surface area contributed by atoms with Crippen LogP contribution in [0.4, 0.5) is 0 Å². The highest BCUT2D eigenvalue weighted by Crippen LogP contribution is 2.09. The van der Waals surface area contributed by atoms with Gasteiger partial charge in [-0.3, -0.25) is 4.79 Å². The van der Waals surface area contributed by atoms with Crippen molar-refractivity contribution in [2.24, 2.45) is 5.73 Å². The normalized spacial score (nSPS) is 10.6. The third-order valence-corrected chi connectivity index (χ3v) is 3.91. The predicted molar refractivity (Wildman–Crippen MR) is 106 cm³/mol. The number of aliphatic hydroxyl groups is 1. The topological polar surface area (TPSA) is 63.3 Å². The molecule has 3 heteroatoms. The Hall–Kier alpha value is -0.830. The fourth-order valence-corrected chi connectivity index (χ4v) is 2.37. The number of primary amides is 1. The Balaban J connectivity index is 0. The van der Waals surface area contributed by atoms with Gasteiger partial charge in [0.2, 0.25) is 5.91 Å². The van der Waals surface area contributed by atoms with Gasteiger partial charge >= 0.3 is 0 Å². The molecule has 0 spiro atoms. The standard InChI is InChI=1S/C18H35NO.C3H8O/c1-2-3-4-5-6-7-8-9-10-11-12-13-14-15-16-17-18(19)20;1-2-3-4/h9-10H,2-8,11-17H2,1H3,(H2,19,20);4H,2-3H2,1H3/b10-9-;. The van der Waals surface area contributed by atoms with Gasteiger partial charge in [-0.15, -0.1) is 0 Å². The highest BCUT2D eigenvalue weighted by Gasteiger charge is 1.94. The lowest BCUT2D eigenvalue weighted by molar-refractivity contribution is -0.118. The molecule has 3 N–H and O–H groups in total. The van der Waals surface area contributed by atoms with Crippen LogP contribution in [-0.2, 0) is 4.79 Å².